The van der Waals surface area contributed by atoms with Crippen LogP contribution >= 0.6 is 0 Å². The highest BCUT2D eigenvalue weighted by molar-refractivity contribution is 5.98. The highest BCUT2D eigenvalue weighted by Crippen LogP contribution is 2.38. The minimum atomic E-state index is -0.159. The summed E-state index contributed by atoms with van der Waals surface area (Å²) >= 11 is 0. The number of amides is 1. The van der Waals surface area contributed by atoms with Crippen molar-refractivity contribution in [2.75, 3.05) is 64.0 Å². The molecule has 0 aliphatic carbocycles. The van der Waals surface area contributed by atoms with Crippen molar-refractivity contribution in [3.05, 3.63) is 91.5 Å². The van der Waals surface area contributed by atoms with E-state index in [1.165, 1.54) is 6.92 Å². The van der Waals surface area contributed by atoms with E-state index in [0.29, 0.717) is 46.2 Å². The minimum absolute atomic E-state index is 0.159. The summed E-state index contributed by atoms with van der Waals surface area (Å²) in [4.78, 5) is 39.0. The number of hydrogen-bond donors (Lipinski definition) is 3. The van der Waals surface area contributed by atoms with Crippen molar-refractivity contribution in [2.45, 2.75) is 6.92 Å². The van der Waals surface area contributed by atoms with E-state index in [4.69, 9.17) is 24.4 Å². The van der Waals surface area contributed by atoms with E-state index < -0.39 is 0 Å². The van der Waals surface area contributed by atoms with Crippen LogP contribution in [0.4, 0.5) is 23.0 Å². The van der Waals surface area contributed by atoms with Crippen LogP contribution in [0.2, 0.25) is 0 Å². The molecule has 1 amide bonds. The molecule has 0 saturated heterocycles. The summed E-state index contributed by atoms with van der Waals surface area (Å²) in [5.74, 6) is 1.73. The largest absolute Gasteiger partial charge is 0.493 e. The van der Waals surface area contributed by atoms with Gasteiger partial charge in [0.1, 0.15) is 11.4 Å². The third kappa shape index (κ3) is 6.68. The Morgan fingerprint density at radius 2 is 1.56 bits per heavy atom. The molecule has 3 aromatic carbocycles. The smallest absolute Gasteiger partial charge is 0.234 e. The Morgan fingerprint density at radius 3 is 2.31 bits per heavy atom. The van der Waals surface area contributed by atoms with Gasteiger partial charge >= 0.3 is 0 Å². The predicted octanol–water partition coefficient (Wildman–Crippen LogP) is 6.74. The molecule has 0 aliphatic rings. The summed E-state index contributed by atoms with van der Waals surface area (Å²) in [6, 6.07) is 21.9. The van der Waals surface area contributed by atoms with Crippen LogP contribution in [0.15, 0.2) is 91.5 Å². The summed E-state index contributed by atoms with van der Waals surface area (Å²) in [5, 5.41) is 8.26. The molecule has 13 heteroatoms. The van der Waals surface area contributed by atoms with Crippen LogP contribution in [-0.2, 0) is 4.79 Å². The first kappa shape index (κ1) is 34.0. The molecular weight excluding hydrogens is 656 g/mol. The van der Waals surface area contributed by atoms with Crippen molar-refractivity contribution < 1.29 is 14.3 Å². The number of benzene rings is 3. The molecular formula is C39H40N10O3. The number of para-hydroxylation sites is 2. The number of carbonyl (C=O) groups excluding carboxylic acids is 1. The molecule has 0 radical (unpaired) electrons. The fourth-order valence-electron chi connectivity index (χ4n) is 6.23. The van der Waals surface area contributed by atoms with Gasteiger partial charge in [0.25, 0.3) is 0 Å². The predicted molar refractivity (Wildman–Crippen MR) is 206 cm³/mol. The van der Waals surface area contributed by atoms with Crippen LogP contribution in [0, 0.1) is 0 Å². The van der Waals surface area contributed by atoms with Crippen molar-refractivity contribution in [3.63, 3.8) is 0 Å². The number of aromatic nitrogens is 6. The maximum Gasteiger partial charge on any atom is 0.234 e. The number of nitrogens with zero attached hydrogens (tertiary/aromatic N) is 7. The molecule has 3 N–H and O–H groups in total. The Bertz CT molecular complexity index is 2400. The number of carbonyl (C=O) groups is 1. The van der Waals surface area contributed by atoms with Crippen LogP contribution in [0.1, 0.15) is 6.92 Å². The van der Waals surface area contributed by atoms with Gasteiger partial charge in [0.15, 0.2) is 11.5 Å². The Kier molecular flexibility index (Phi) is 9.42. The van der Waals surface area contributed by atoms with Gasteiger partial charge < -0.3 is 34.9 Å². The van der Waals surface area contributed by atoms with Gasteiger partial charge in [0, 0.05) is 72.6 Å². The van der Waals surface area contributed by atoms with E-state index in [2.05, 4.69) is 36.5 Å². The molecule has 52 heavy (non-hydrogen) atoms. The number of rotatable bonds is 12. The lowest BCUT2D eigenvalue weighted by molar-refractivity contribution is -0.114. The van der Waals surface area contributed by atoms with E-state index in [-0.39, 0.29) is 5.91 Å². The van der Waals surface area contributed by atoms with Crippen LogP contribution in [-0.4, -0.2) is 88.7 Å². The van der Waals surface area contributed by atoms with E-state index in [1.807, 2.05) is 98.8 Å². The third-order valence-corrected chi connectivity index (χ3v) is 8.82. The Hall–Kier alpha value is -6.47. The maximum atomic E-state index is 12.2. The van der Waals surface area contributed by atoms with Crippen LogP contribution < -0.4 is 25.0 Å². The molecule has 0 aliphatic heterocycles. The molecule has 0 saturated carbocycles. The van der Waals surface area contributed by atoms with Gasteiger partial charge in [-0.1, -0.05) is 36.4 Å². The molecule has 0 atom stereocenters. The van der Waals surface area contributed by atoms with Gasteiger partial charge in [0.05, 0.1) is 43.5 Å². The molecule has 0 spiro atoms. The summed E-state index contributed by atoms with van der Waals surface area (Å²) in [7, 11) is 9.29. The Morgan fingerprint density at radius 1 is 0.846 bits per heavy atom. The van der Waals surface area contributed by atoms with Crippen LogP contribution in [0.25, 0.3) is 50.3 Å². The minimum Gasteiger partial charge on any atom is -0.493 e. The molecule has 0 bridgehead atoms. The zero-order valence-corrected chi connectivity index (χ0v) is 29.9. The van der Waals surface area contributed by atoms with Crippen molar-refractivity contribution in [1.82, 2.24) is 34.4 Å². The SMILES string of the molecule is COc1cnc(-n2cc(-c3nc(Nc4ccc(N(C)CCN(C)C)c(NC(C)=O)c4)ncc3OC)c3ccccc32)nc1-c1c[nH]c2ccccc12. The third-order valence-electron chi connectivity index (χ3n) is 8.82. The number of aromatic amines is 1. The van der Waals surface area contributed by atoms with Crippen LogP contribution in [0.3, 0.4) is 0 Å². The van der Waals surface area contributed by atoms with Crippen LogP contribution in [0.5, 0.6) is 11.5 Å². The van der Waals surface area contributed by atoms with Crippen molar-refractivity contribution in [2.24, 2.45) is 0 Å². The fourth-order valence-corrected chi connectivity index (χ4v) is 6.23. The zero-order valence-electron chi connectivity index (χ0n) is 29.9. The number of methoxy groups -OCH3 is 2. The second-order valence-electron chi connectivity index (χ2n) is 12.6. The topological polar surface area (TPSA) is 138 Å². The normalized spacial score (nSPS) is 11.3. The first-order valence-electron chi connectivity index (χ1n) is 16.8. The van der Waals surface area contributed by atoms with E-state index in [0.717, 1.165) is 51.7 Å². The molecule has 7 rings (SSSR count). The standard InChI is InChI=1S/C39H40N10O3/c1-24(50)43-31-19-25(15-16-33(31)48(4)18-17-47(2)3)44-38-41-21-34(51-5)37(45-38)29-23-49(32-14-10-8-12-27(29)32)39-42-22-35(52-6)36(46-39)28-20-40-30-13-9-7-11-26(28)30/h7-16,19-23,40H,17-18H2,1-6H3,(H,43,50)(H,41,44,45). The van der Waals surface area contributed by atoms with E-state index in [9.17, 15) is 4.79 Å². The highest BCUT2D eigenvalue weighted by atomic mass is 16.5. The van der Waals surface area contributed by atoms with E-state index in [1.54, 1.807) is 26.6 Å². The molecule has 13 nitrogen and oxygen atoms in total. The number of ether oxygens (including phenoxy) is 2. The first-order chi connectivity index (χ1) is 25.2. The number of fused-ring (bicyclic) bond motifs is 2. The monoisotopic (exact) mass is 696 g/mol. The van der Waals surface area contributed by atoms with Gasteiger partial charge in [-0.3, -0.25) is 9.36 Å². The second-order valence-corrected chi connectivity index (χ2v) is 12.6. The molecule has 0 unspecified atom stereocenters. The molecule has 7 aromatic rings. The average molecular weight is 697 g/mol. The number of likely N-dealkylation sites (N-methyl/N-ethyl adjacent to an activating group) is 2. The van der Waals surface area contributed by atoms with Crippen molar-refractivity contribution >= 4 is 50.7 Å². The maximum absolute atomic E-state index is 12.2. The number of anilines is 4. The summed E-state index contributed by atoms with van der Waals surface area (Å²) in [6.07, 6.45) is 7.25. The van der Waals surface area contributed by atoms with Crippen molar-refractivity contribution in [1.29, 1.82) is 0 Å². The lowest BCUT2D eigenvalue weighted by Gasteiger charge is -2.24. The quantitative estimate of drug-likeness (QED) is 0.126. The lowest BCUT2D eigenvalue weighted by Crippen LogP contribution is -2.29. The number of H-pyrrole nitrogens is 1. The second kappa shape index (κ2) is 14.4. The van der Waals surface area contributed by atoms with Crippen molar-refractivity contribution in [3.8, 4) is 40.0 Å². The van der Waals surface area contributed by atoms with E-state index >= 15 is 0 Å². The summed E-state index contributed by atoms with van der Waals surface area (Å²) in [5.41, 5.74) is 7.16. The van der Waals surface area contributed by atoms with Gasteiger partial charge in [-0.2, -0.15) is 0 Å². The zero-order chi connectivity index (χ0) is 36.4. The fraction of sp³-hybridized carbons (Fsp3) is 0.205. The summed E-state index contributed by atoms with van der Waals surface area (Å²) < 4.78 is 13.4. The van der Waals surface area contributed by atoms with Gasteiger partial charge in [-0.05, 0) is 44.4 Å². The first-order valence-corrected chi connectivity index (χ1v) is 16.8. The average Bonchev–Trinajstić information content (AvgIpc) is 3.76. The highest BCUT2D eigenvalue weighted by Gasteiger charge is 2.21. The van der Waals surface area contributed by atoms with Gasteiger partial charge in [0.2, 0.25) is 17.8 Å². The van der Waals surface area contributed by atoms with Gasteiger partial charge in [-0.25, -0.2) is 19.9 Å². The molecule has 0 fully saturated rings. The number of nitrogens with one attached hydrogen (secondary N) is 3. The van der Waals surface area contributed by atoms with Gasteiger partial charge in [-0.15, -0.1) is 0 Å². The summed E-state index contributed by atoms with van der Waals surface area (Å²) in [6.45, 7) is 3.15. The number of hydrogen-bond acceptors (Lipinski definition) is 10. The molecule has 264 valence electrons. The lowest BCUT2D eigenvalue weighted by atomic mass is 10.1. The Labute approximate surface area is 301 Å². The molecule has 4 aromatic heterocycles. The Balaban J connectivity index is 1.28. The molecule has 4 heterocycles.